The summed E-state index contributed by atoms with van der Waals surface area (Å²) in [5.41, 5.74) is 0.856. The number of rotatable bonds is 7. The number of aryl methyl sites for hydroxylation is 1. The van der Waals surface area contributed by atoms with E-state index >= 15 is 0 Å². The third-order valence-corrected chi connectivity index (χ3v) is 4.03. The van der Waals surface area contributed by atoms with Gasteiger partial charge in [-0.1, -0.05) is 0 Å². The molecule has 1 aliphatic heterocycles. The molecule has 2 aromatic heterocycles. The second-order valence-corrected chi connectivity index (χ2v) is 5.92. The Kier molecular flexibility index (Phi) is 5.95. The van der Waals surface area contributed by atoms with E-state index in [9.17, 15) is 4.79 Å². The number of carbonyl (C=O) groups excluding carboxylic acids is 1. The van der Waals surface area contributed by atoms with Crippen LogP contribution in [-0.2, 0) is 22.5 Å². The van der Waals surface area contributed by atoms with Gasteiger partial charge in [-0.3, -0.25) is 4.79 Å². The van der Waals surface area contributed by atoms with Gasteiger partial charge in [0.1, 0.15) is 11.9 Å². The number of methoxy groups -OCH3 is 1. The van der Waals surface area contributed by atoms with E-state index in [0.717, 1.165) is 31.4 Å². The second kappa shape index (κ2) is 8.57. The highest BCUT2D eigenvalue weighted by molar-refractivity contribution is 5.76. The quantitative estimate of drug-likeness (QED) is 0.818. The van der Waals surface area contributed by atoms with Crippen LogP contribution in [0.1, 0.15) is 48.9 Å². The Labute approximate surface area is 145 Å². The summed E-state index contributed by atoms with van der Waals surface area (Å²) in [4.78, 5) is 20.6. The molecule has 1 atom stereocenters. The summed E-state index contributed by atoms with van der Waals surface area (Å²) in [6.07, 6.45) is 7.46. The van der Waals surface area contributed by atoms with Crippen molar-refractivity contribution < 1.29 is 18.8 Å². The number of amides is 1. The molecule has 0 saturated carbocycles. The Morgan fingerprint density at radius 3 is 2.88 bits per heavy atom. The molecule has 3 rings (SSSR count). The highest BCUT2D eigenvalue weighted by atomic mass is 16.5. The Balaban J connectivity index is 1.42. The van der Waals surface area contributed by atoms with Gasteiger partial charge < -0.3 is 19.3 Å². The molecule has 0 spiro atoms. The fourth-order valence-electron chi connectivity index (χ4n) is 2.60. The van der Waals surface area contributed by atoms with Gasteiger partial charge in [-0.25, -0.2) is 9.97 Å². The number of hydrogen-bond acceptors (Lipinski definition) is 7. The normalized spacial score (nSPS) is 17.2. The minimum atomic E-state index is -0.0740. The lowest BCUT2D eigenvalue weighted by atomic mass is 10.1. The number of aromatic nitrogens is 3. The number of hydrogen-bond donors (Lipinski definition) is 1. The van der Waals surface area contributed by atoms with Crippen molar-refractivity contribution in [3.8, 4) is 5.88 Å². The third kappa shape index (κ3) is 4.99. The number of ether oxygens (including phenoxy) is 2. The maximum absolute atomic E-state index is 11.9. The lowest BCUT2D eigenvalue weighted by molar-refractivity contribution is -0.121. The second-order valence-electron chi connectivity index (χ2n) is 5.92. The predicted molar refractivity (Wildman–Crippen MR) is 87.8 cm³/mol. The van der Waals surface area contributed by atoms with Gasteiger partial charge in [0.05, 0.1) is 7.11 Å². The first-order chi connectivity index (χ1) is 12.2. The molecule has 1 amide bonds. The molecule has 1 saturated heterocycles. The molecule has 8 nitrogen and oxygen atoms in total. The van der Waals surface area contributed by atoms with E-state index in [1.165, 1.54) is 7.11 Å². The Morgan fingerprint density at radius 2 is 2.20 bits per heavy atom. The van der Waals surface area contributed by atoms with E-state index < -0.39 is 0 Å². The van der Waals surface area contributed by atoms with Gasteiger partial charge >= 0.3 is 0 Å². The zero-order chi connectivity index (χ0) is 17.5. The van der Waals surface area contributed by atoms with Crippen LogP contribution in [-0.4, -0.2) is 34.7 Å². The smallest absolute Gasteiger partial charge is 0.254 e. The Morgan fingerprint density at radius 1 is 1.36 bits per heavy atom. The van der Waals surface area contributed by atoms with Crippen molar-refractivity contribution in [3.05, 3.63) is 35.6 Å². The van der Waals surface area contributed by atoms with Crippen LogP contribution < -0.4 is 10.1 Å². The van der Waals surface area contributed by atoms with Crippen molar-refractivity contribution in [2.75, 3.05) is 13.7 Å². The minimum absolute atomic E-state index is 0.00344. The van der Waals surface area contributed by atoms with Crippen LogP contribution in [0.15, 0.2) is 23.0 Å². The molecule has 0 bridgehead atoms. The molecule has 1 aliphatic rings. The van der Waals surface area contributed by atoms with Crippen molar-refractivity contribution >= 4 is 5.91 Å². The van der Waals surface area contributed by atoms with Crippen LogP contribution in [0.25, 0.3) is 0 Å². The van der Waals surface area contributed by atoms with Gasteiger partial charge in [0, 0.05) is 50.0 Å². The average Bonchev–Trinajstić information content (AvgIpc) is 3.14. The first-order valence-electron chi connectivity index (χ1n) is 8.43. The summed E-state index contributed by atoms with van der Waals surface area (Å²) >= 11 is 0. The van der Waals surface area contributed by atoms with Gasteiger partial charge in [0.15, 0.2) is 5.82 Å². The molecule has 2 aromatic rings. The Bertz CT molecular complexity index is 680. The third-order valence-electron chi connectivity index (χ3n) is 4.03. The summed E-state index contributed by atoms with van der Waals surface area (Å²) in [5, 5.41) is 6.54. The van der Waals surface area contributed by atoms with Gasteiger partial charge in [0.2, 0.25) is 5.91 Å². The van der Waals surface area contributed by atoms with Crippen LogP contribution in [0, 0.1) is 0 Å². The van der Waals surface area contributed by atoms with E-state index in [1.807, 2.05) is 0 Å². The molecular weight excluding hydrogens is 324 g/mol. The number of nitrogens with one attached hydrogen (secondary N) is 1. The maximum Gasteiger partial charge on any atom is 0.254 e. The van der Waals surface area contributed by atoms with Crippen molar-refractivity contribution in [2.24, 2.45) is 0 Å². The SMILES string of the molecule is COc1cc(CCC(=O)NCc2cnc([C@@H]3CCCCO3)nc2)on1. The first-order valence-corrected chi connectivity index (χ1v) is 8.43. The van der Waals surface area contributed by atoms with E-state index in [0.29, 0.717) is 36.9 Å². The van der Waals surface area contributed by atoms with Gasteiger partial charge in [-0.05, 0) is 24.4 Å². The van der Waals surface area contributed by atoms with Gasteiger partial charge in [-0.15, -0.1) is 0 Å². The fourth-order valence-corrected chi connectivity index (χ4v) is 2.60. The van der Waals surface area contributed by atoms with Crippen LogP contribution in [0.2, 0.25) is 0 Å². The molecule has 0 unspecified atom stereocenters. The average molecular weight is 346 g/mol. The fraction of sp³-hybridized carbons (Fsp3) is 0.529. The molecule has 3 heterocycles. The van der Waals surface area contributed by atoms with Crippen molar-refractivity contribution in [2.45, 2.75) is 44.8 Å². The lowest BCUT2D eigenvalue weighted by Gasteiger charge is -2.21. The van der Waals surface area contributed by atoms with Crippen LogP contribution in [0.5, 0.6) is 5.88 Å². The van der Waals surface area contributed by atoms with E-state index in [-0.39, 0.29) is 12.0 Å². The molecule has 1 fully saturated rings. The summed E-state index contributed by atoms with van der Waals surface area (Å²) in [6.45, 7) is 1.16. The summed E-state index contributed by atoms with van der Waals surface area (Å²) in [6, 6.07) is 1.67. The Hall–Kier alpha value is -2.48. The largest absolute Gasteiger partial charge is 0.479 e. The standard InChI is InChI=1S/C17H22N4O4/c1-23-16-8-13(25-21-16)5-6-15(22)18-9-12-10-19-17(20-11-12)14-4-2-3-7-24-14/h8,10-11,14H,2-7,9H2,1H3,(H,18,22)/t14-/m0/s1. The highest BCUT2D eigenvalue weighted by Gasteiger charge is 2.18. The molecule has 8 heteroatoms. The van der Waals surface area contributed by atoms with E-state index in [2.05, 4.69) is 20.4 Å². The first kappa shape index (κ1) is 17.3. The summed E-state index contributed by atoms with van der Waals surface area (Å²) in [5.74, 6) is 1.67. The molecule has 0 radical (unpaired) electrons. The van der Waals surface area contributed by atoms with Crippen molar-refractivity contribution in [3.63, 3.8) is 0 Å². The zero-order valence-electron chi connectivity index (χ0n) is 14.2. The molecule has 1 N–H and O–H groups in total. The minimum Gasteiger partial charge on any atom is -0.479 e. The summed E-state index contributed by atoms with van der Waals surface area (Å²) < 4.78 is 15.7. The predicted octanol–water partition coefficient (Wildman–Crippen LogP) is 1.96. The molecule has 134 valence electrons. The molecule has 0 aliphatic carbocycles. The van der Waals surface area contributed by atoms with Crippen LogP contribution in [0.4, 0.5) is 0 Å². The van der Waals surface area contributed by atoms with Gasteiger partial charge in [0.25, 0.3) is 5.88 Å². The lowest BCUT2D eigenvalue weighted by Crippen LogP contribution is -2.23. The van der Waals surface area contributed by atoms with Gasteiger partial charge in [-0.2, -0.15) is 0 Å². The van der Waals surface area contributed by atoms with E-state index in [4.69, 9.17) is 14.0 Å². The molecular formula is C17H22N4O4. The number of nitrogens with zero attached hydrogens (tertiary/aromatic N) is 3. The van der Waals surface area contributed by atoms with Crippen molar-refractivity contribution in [1.29, 1.82) is 0 Å². The van der Waals surface area contributed by atoms with E-state index in [1.54, 1.807) is 18.5 Å². The maximum atomic E-state index is 11.9. The van der Waals surface area contributed by atoms with Crippen LogP contribution >= 0.6 is 0 Å². The number of carbonyl (C=O) groups is 1. The molecule has 0 aromatic carbocycles. The van der Waals surface area contributed by atoms with Crippen molar-refractivity contribution in [1.82, 2.24) is 20.4 Å². The van der Waals surface area contributed by atoms with Crippen LogP contribution in [0.3, 0.4) is 0 Å². The molecule has 25 heavy (non-hydrogen) atoms. The summed E-state index contributed by atoms with van der Waals surface area (Å²) in [7, 11) is 1.52. The monoisotopic (exact) mass is 346 g/mol. The topological polar surface area (TPSA) is 99.4 Å². The zero-order valence-corrected chi connectivity index (χ0v) is 14.2. The highest BCUT2D eigenvalue weighted by Crippen LogP contribution is 2.24.